The van der Waals surface area contributed by atoms with Gasteiger partial charge in [-0.2, -0.15) is 0 Å². The molecule has 0 bridgehead atoms. The molecule has 0 saturated heterocycles. The molecule has 2 rings (SSSR count). The molecule has 0 radical (unpaired) electrons. The van der Waals surface area contributed by atoms with Gasteiger partial charge in [0.25, 0.3) is 0 Å². The van der Waals surface area contributed by atoms with Crippen molar-refractivity contribution in [1.82, 2.24) is 9.97 Å². The first-order valence-electron chi connectivity index (χ1n) is 5.83. The Morgan fingerprint density at radius 3 is 2.65 bits per heavy atom. The van der Waals surface area contributed by atoms with Gasteiger partial charge in [-0.25, -0.2) is 9.97 Å². The maximum Gasteiger partial charge on any atom is 0.131 e. The van der Waals surface area contributed by atoms with Crippen LogP contribution in [0.2, 0.25) is 0 Å². The molecule has 3 heteroatoms. The number of nitrogens with two attached hydrogens (primary N) is 1. The Kier molecular flexibility index (Phi) is 3.49. The van der Waals surface area contributed by atoms with Crippen LogP contribution in [0.4, 0.5) is 0 Å². The van der Waals surface area contributed by atoms with Gasteiger partial charge in [0.05, 0.1) is 5.69 Å². The summed E-state index contributed by atoms with van der Waals surface area (Å²) in [6.07, 6.45) is 1.81. The SMILES string of the molecule is CC(C)c1nccc(-c2ccccc2CN)n1. The molecule has 1 heterocycles. The number of aromatic nitrogens is 2. The van der Waals surface area contributed by atoms with Crippen molar-refractivity contribution >= 4 is 0 Å². The predicted octanol–water partition coefficient (Wildman–Crippen LogP) is 2.73. The third-order valence-electron chi connectivity index (χ3n) is 2.70. The van der Waals surface area contributed by atoms with E-state index >= 15 is 0 Å². The van der Waals surface area contributed by atoms with Crippen LogP contribution in [0, 0.1) is 0 Å². The van der Waals surface area contributed by atoms with E-state index < -0.39 is 0 Å². The average Bonchev–Trinajstić information content (AvgIpc) is 2.39. The molecule has 2 N–H and O–H groups in total. The second-order valence-electron chi connectivity index (χ2n) is 4.32. The molecule has 0 atom stereocenters. The summed E-state index contributed by atoms with van der Waals surface area (Å²) in [7, 11) is 0. The van der Waals surface area contributed by atoms with Crippen LogP contribution in [-0.2, 0) is 6.54 Å². The van der Waals surface area contributed by atoms with Gasteiger partial charge in [-0.05, 0) is 11.6 Å². The summed E-state index contributed by atoms with van der Waals surface area (Å²) in [5, 5.41) is 0. The molecule has 88 valence electrons. The van der Waals surface area contributed by atoms with Gasteiger partial charge >= 0.3 is 0 Å². The van der Waals surface area contributed by atoms with E-state index in [-0.39, 0.29) is 0 Å². The largest absolute Gasteiger partial charge is 0.326 e. The second-order valence-corrected chi connectivity index (χ2v) is 4.32. The van der Waals surface area contributed by atoms with Gasteiger partial charge in [0, 0.05) is 24.2 Å². The fraction of sp³-hybridized carbons (Fsp3) is 0.286. The Morgan fingerprint density at radius 1 is 1.18 bits per heavy atom. The van der Waals surface area contributed by atoms with Crippen LogP contribution in [0.15, 0.2) is 36.5 Å². The molecular formula is C14H17N3. The summed E-state index contributed by atoms with van der Waals surface area (Å²) in [6, 6.07) is 10.0. The molecule has 0 unspecified atom stereocenters. The highest BCUT2D eigenvalue weighted by atomic mass is 14.9. The molecule has 0 fully saturated rings. The van der Waals surface area contributed by atoms with Gasteiger partial charge in [-0.1, -0.05) is 38.1 Å². The van der Waals surface area contributed by atoms with Crippen LogP contribution in [0.25, 0.3) is 11.3 Å². The zero-order valence-electron chi connectivity index (χ0n) is 10.2. The first kappa shape index (κ1) is 11.7. The van der Waals surface area contributed by atoms with Crippen molar-refractivity contribution < 1.29 is 0 Å². The Labute approximate surface area is 102 Å². The zero-order valence-corrected chi connectivity index (χ0v) is 10.2. The molecule has 0 aliphatic heterocycles. The lowest BCUT2D eigenvalue weighted by Crippen LogP contribution is -2.02. The van der Waals surface area contributed by atoms with E-state index in [2.05, 4.69) is 29.9 Å². The highest BCUT2D eigenvalue weighted by molar-refractivity contribution is 5.63. The van der Waals surface area contributed by atoms with E-state index in [4.69, 9.17) is 5.73 Å². The molecular weight excluding hydrogens is 210 g/mol. The molecule has 17 heavy (non-hydrogen) atoms. The maximum atomic E-state index is 5.74. The molecule has 3 nitrogen and oxygen atoms in total. The Hall–Kier alpha value is -1.74. The van der Waals surface area contributed by atoms with E-state index in [1.165, 1.54) is 0 Å². The topological polar surface area (TPSA) is 51.8 Å². The lowest BCUT2D eigenvalue weighted by atomic mass is 10.0. The van der Waals surface area contributed by atoms with Gasteiger partial charge in [0.15, 0.2) is 0 Å². The van der Waals surface area contributed by atoms with Crippen LogP contribution in [-0.4, -0.2) is 9.97 Å². The minimum absolute atomic E-state index is 0.333. The fourth-order valence-electron chi connectivity index (χ4n) is 1.75. The molecule has 0 aliphatic carbocycles. The highest BCUT2D eigenvalue weighted by Crippen LogP contribution is 2.22. The minimum Gasteiger partial charge on any atom is -0.326 e. The summed E-state index contributed by atoms with van der Waals surface area (Å²) < 4.78 is 0. The molecule has 0 saturated carbocycles. The van der Waals surface area contributed by atoms with Gasteiger partial charge in [-0.15, -0.1) is 0 Å². The number of nitrogens with zero attached hydrogens (tertiary/aromatic N) is 2. The van der Waals surface area contributed by atoms with Crippen LogP contribution in [0.1, 0.15) is 31.2 Å². The van der Waals surface area contributed by atoms with Crippen molar-refractivity contribution in [3.8, 4) is 11.3 Å². The number of rotatable bonds is 3. The Balaban J connectivity index is 2.49. The minimum atomic E-state index is 0.333. The van der Waals surface area contributed by atoms with Crippen LogP contribution >= 0.6 is 0 Å². The summed E-state index contributed by atoms with van der Waals surface area (Å²) in [5.74, 6) is 1.20. The number of benzene rings is 1. The number of hydrogen-bond donors (Lipinski definition) is 1. The van der Waals surface area contributed by atoms with E-state index in [1.54, 1.807) is 0 Å². The lowest BCUT2D eigenvalue weighted by Gasteiger charge is -2.09. The normalized spacial score (nSPS) is 10.8. The van der Waals surface area contributed by atoms with Crippen molar-refractivity contribution in [2.45, 2.75) is 26.3 Å². The Morgan fingerprint density at radius 2 is 1.94 bits per heavy atom. The second kappa shape index (κ2) is 5.06. The zero-order chi connectivity index (χ0) is 12.3. The molecule has 0 amide bonds. The van der Waals surface area contributed by atoms with Crippen molar-refractivity contribution in [2.24, 2.45) is 5.73 Å². The van der Waals surface area contributed by atoms with Crippen molar-refractivity contribution in [1.29, 1.82) is 0 Å². The van der Waals surface area contributed by atoms with Crippen LogP contribution in [0.5, 0.6) is 0 Å². The third-order valence-corrected chi connectivity index (χ3v) is 2.70. The smallest absolute Gasteiger partial charge is 0.131 e. The third kappa shape index (κ3) is 2.50. The van der Waals surface area contributed by atoms with Crippen molar-refractivity contribution in [3.63, 3.8) is 0 Å². The molecule has 1 aromatic carbocycles. The monoisotopic (exact) mass is 227 g/mol. The Bertz CT molecular complexity index is 506. The predicted molar refractivity (Wildman–Crippen MR) is 69.4 cm³/mol. The van der Waals surface area contributed by atoms with E-state index in [9.17, 15) is 0 Å². The molecule has 0 spiro atoms. The standard InChI is InChI=1S/C14H17N3/c1-10(2)14-16-8-7-13(17-14)12-6-4-3-5-11(12)9-15/h3-8,10H,9,15H2,1-2H3. The molecule has 2 aromatic rings. The van der Waals surface area contributed by atoms with Gasteiger partial charge < -0.3 is 5.73 Å². The van der Waals surface area contributed by atoms with E-state index in [0.29, 0.717) is 12.5 Å². The average molecular weight is 227 g/mol. The molecule has 1 aromatic heterocycles. The van der Waals surface area contributed by atoms with E-state index in [0.717, 1.165) is 22.6 Å². The van der Waals surface area contributed by atoms with Gasteiger partial charge in [-0.3, -0.25) is 0 Å². The first-order valence-corrected chi connectivity index (χ1v) is 5.83. The summed E-state index contributed by atoms with van der Waals surface area (Å²) in [4.78, 5) is 8.86. The lowest BCUT2D eigenvalue weighted by molar-refractivity contribution is 0.775. The summed E-state index contributed by atoms with van der Waals surface area (Å²) >= 11 is 0. The first-order chi connectivity index (χ1) is 8.22. The van der Waals surface area contributed by atoms with Gasteiger partial charge in [0.1, 0.15) is 5.82 Å². The summed E-state index contributed by atoms with van der Waals surface area (Å²) in [6.45, 7) is 4.71. The van der Waals surface area contributed by atoms with Crippen LogP contribution < -0.4 is 5.73 Å². The van der Waals surface area contributed by atoms with Crippen molar-refractivity contribution in [2.75, 3.05) is 0 Å². The van der Waals surface area contributed by atoms with Gasteiger partial charge in [0.2, 0.25) is 0 Å². The highest BCUT2D eigenvalue weighted by Gasteiger charge is 2.07. The maximum absolute atomic E-state index is 5.74. The fourth-order valence-corrected chi connectivity index (χ4v) is 1.75. The van der Waals surface area contributed by atoms with E-state index in [1.807, 2.05) is 30.5 Å². The quantitative estimate of drug-likeness (QED) is 0.877. The van der Waals surface area contributed by atoms with Crippen LogP contribution in [0.3, 0.4) is 0 Å². The summed E-state index contributed by atoms with van der Waals surface area (Å²) in [5.41, 5.74) is 8.90. The number of hydrogen-bond acceptors (Lipinski definition) is 3. The van der Waals surface area contributed by atoms with Crippen molar-refractivity contribution in [3.05, 3.63) is 47.9 Å². The molecule has 0 aliphatic rings.